The predicted octanol–water partition coefficient (Wildman–Crippen LogP) is 3.96. The van der Waals surface area contributed by atoms with Gasteiger partial charge in [-0.3, -0.25) is 14.3 Å². The fourth-order valence-electron chi connectivity index (χ4n) is 3.18. The summed E-state index contributed by atoms with van der Waals surface area (Å²) in [6.45, 7) is 2.83. The van der Waals surface area contributed by atoms with Gasteiger partial charge in [0, 0.05) is 11.1 Å². The van der Waals surface area contributed by atoms with Crippen LogP contribution in [0.3, 0.4) is 0 Å². The number of ether oxygens (including phenoxy) is 1. The number of aromatic nitrogens is 2. The summed E-state index contributed by atoms with van der Waals surface area (Å²) >= 11 is 1.43. The maximum Gasteiger partial charge on any atom is 0.265 e. The van der Waals surface area contributed by atoms with E-state index in [-0.39, 0.29) is 18.9 Å². The normalized spacial score (nSPS) is 10.9. The van der Waals surface area contributed by atoms with Crippen LogP contribution >= 0.6 is 11.3 Å². The van der Waals surface area contributed by atoms with E-state index in [1.165, 1.54) is 11.3 Å². The molecule has 0 fully saturated rings. The molecule has 0 saturated carbocycles. The molecule has 0 aliphatic rings. The van der Waals surface area contributed by atoms with Crippen LogP contribution in [-0.2, 0) is 11.3 Å². The first kappa shape index (κ1) is 20.6. The van der Waals surface area contributed by atoms with Crippen LogP contribution in [0.1, 0.15) is 27.3 Å². The zero-order chi connectivity index (χ0) is 21.8. The Kier molecular flexibility index (Phi) is 5.99. The zero-order valence-electron chi connectivity index (χ0n) is 17.0. The SMILES string of the molecule is Cc1nn(Cc2ccccc2)c2sc(C(=O)Nc3ccc(OCCC(N)=O)cc3)cc12. The maximum absolute atomic E-state index is 12.8. The van der Waals surface area contributed by atoms with Gasteiger partial charge in [-0.1, -0.05) is 30.3 Å². The molecule has 2 aromatic carbocycles. The molecule has 7 nitrogen and oxygen atoms in total. The van der Waals surface area contributed by atoms with Crippen LogP contribution in [0.15, 0.2) is 60.7 Å². The third-order valence-electron chi connectivity index (χ3n) is 4.74. The van der Waals surface area contributed by atoms with Gasteiger partial charge in [0.2, 0.25) is 5.91 Å². The van der Waals surface area contributed by atoms with E-state index < -0.39 is 5.91 Å². The number of benzene rings is 2. The fourth-order valence-corrected chi connectivity index (χ4v) is 4.24. The monoisotopic (exact) mass is 434 g/mol. The molecule has 2 amide bonds. The molecule has 158 valence electrons. The van der Waals surface area contributed by atoms with E-state index in [1.807, 2.05) is 35.9 Å². The molecule has 3 N–H and O–H groups in total. The number of hydrogen-bond donors (Lipinski definition) is 2. The van der Waals surface area contributed by atoms with Crippen molar-refractivity contribution in [3.8, 4) is 5.75 Å². The molecule has 31 heavy (non-hydrogen) atoms. The number of nitrogens with one attached hydrogen (secondary N) is 1. The van der Waals surface area contributed by atoms with Gasteiger partial charge in [-0.15, -0.1) is 11.3 Å². The second-order valence-corrected chi connectivity index (χ2v) is 8.13. The molecule has 4 aromatic rings. The highest BCUT2D eigenvalue weighted by Crippen LogP contribution is 2.29. The Labute approximate surface area is 183 Å². The van der Waals surface area contributed by atoms with Gasteiger partial charge in [-0.05, 0) is 42.8 Å². The van der Waals surface area contributed by atoms with E-state index in [1.54, 1.807) is 24.3 Å². The van der Waals surface area contributed by atoms with Gasteiger partial charge < -0.3 is 15.8 Å². The lowest BCUT2D eigenvalue weighted by atomic mass is 10.2. The molecule has 0 radical (unpaired) electrons. The van der Waals surface area contributed by atoms with E-state index in [0.717, 1.165) is 21.5 Å². The van der Waals surface area contributed by atoms with Gasteiger partial charge >= 0.3 is 0 Å². The second kappa shape index (κ2) is 9.01. The molecular weight excluding hydrogens is 412 g/mol. The highest BCUT2D eigenvalue weighted by atomic mass is 32.1. The van der Waals surface area contributed by atoms with Crippen molar-refractivity contribution in [3.63, 3.8) is 0 Å². The van der Waals surface area contributed by atoms with E-state index in [4.69, 9.17) is 10.5 Å². The molecule has 0 bridgehead atoms. The topological polar surface area (TPSA) is 99.2 Å². The highest BCUT2D eigenvalue weighted by Gasteiger charge is 2.17. The Morgan fingerprint density at radius 1 is 1.13 bits per heavy atom. The van der Waals surface area contributed by atoms with Crippen LogP contribution in [0.25, 0.3) is 10.2 Å². The summed E-state index contributed by atoms with van der Waals surface area (Å²) in [4.78, 5) is 25.2. The largest absolute Gasteiger partial charge is 0.493 e. The Morgan fingerprint density at radius 2 is 1.87 bits per heavy atom. The molecule has 0 atom stereocenters. The number of fused-ring (bicyclic) bond motifs is 1. The van der Waals surface area contributed by atoms with Gasteiger partial charge in [0.15, 0.2) is 0 Å². The summed E-state index contributed by atoms with van der Waals surface area (Å²) in [5.41, 5.74) is 7.82. The van der Waals surface area contributed by atoms with Gasteiger partial charge in [-0.25, -0.2) is 0 Å². The van der Waals surface area contributed by atoms with Crippen LogP contribution in [0.5, 0.6) is 5.75 Å². The standard InChI is InChI=1S/C23H22N4O3S/c1-15-19-13-20(31-23(19)27(26-15)14-16-5-3-2-4-6-16)22(29)25-17-7-9-18(10-8-17)30-12-11-21(24)28/h2-10,13H,11-12,14H2,1H3,(H2,24,28)(H,25,29). The van der Waals surface area contributed by atoms with Crippen LogP contribution in [0.2, 0.25) is 0 Å². The average Bonchev–Trinajstić information content (AvgIpc) is 3.31. The summed E-state index contributed by atoms with van der Waals surface area (Å²) < 4.78 is 7.39. The lowest BCUT2D eigenvalue weighted by molar-refractivity contribution is -0.118. The van der Waals surface area contributed by atoms with E-state index >= 15 is 0 Å². The molecule has 8 heteroatoms. The number of hydrogen-bond acceptors (Lipinski definition) is 5. The number of thiophene rings is 1. The number of amides is 2. The maximum atomic E-state index is 12.8. The predicted molar refractivity (Wildman–Crippen MR) is 122 cm³/mol. The molecule has 0 spiro atoms. The van der Waals surface area contributed by atoms with Crippen molar-refractivity contribution in [1.82, 2.24) is 9.78 Å². The minimum absolute atomic E-state index is 0.158. The number of nitrogens with two attached hydrogens (primary N) is 1. The zero-order valence-corrected chi connectivity index (χ0v) is 17.8. The van der Waals surface area contributed by atoms with Crippen LogP contribution in [0, 0.1) is 6.92 Å². The Hall–Kier alpha value is -3.65. The third-order valence-corrected chi connectivity index (χ3v) is 5.88. The van der Waals surface area contributed by atoms with E-state index in [2.05, 4.69) is 22.5 Å². The Bertz CT molecular complexity index is 1210. The Balaban J connectivity index is 1.45. The number of primary amides is 1. The molecule has 2 heterocycles. The van der Waals surface area contributed by atoms with E-state index in [9.17, 15) is 9.59 Å². The highest BCUT2D eigenvalue weighted by molar-refractivity contribution is 7.20. The molecular formula is C23H22N4O3S. The van der Waals surface area contributed by atoms with Gasteiger partial charge in [0.25, 0.3) is 5.91 Å². The quantitative estimate of drug-likeness (QED) is 0.438. The first-order valence-corrected chi connectivity index (χ1v) is 10.6. The minimum atomic E-state index is -0.408. The number of anilines is 1. The van der Waals surface area contributed by atoms with E-state index in [0.29, 0.717) is 22.9 Å². The van der Waals surface area contributed by atoms with Crippen molar-refractivity contribution < 1.29 is 14.3 Å². The molecule has 0 aliphatic heterocycles. The van der Waals surface area contributed by atoms with Gasteiger partial charge in [0.05, 0.1) is 30.1 Å². The summed E-state index contributed by atoms with van der Waals surface area (Å²) in [6, 6.07) is 19.0. The van der Waals surface area contributed by atoms with Crippen molar-refractivity contribution >= 4 is 39.1 Å². The number of aryl methyl sites for hydroxylation is 1. The van der Waals surface area contributed by atoms with Crippen molar-refractivity contribution in [3.05, 3.63) is 76.8 Å². The third kappa shape index (κ3) is 4.92. The van der Waals surface area contributed by atoms with Crippen molar-refractivity contribution in [2.24, 2.45) is 5.73 Å². The molecule has 0 saturated heterocycles. The fraction of sp³-hybridized carbons (Fsp3) is 0.174. The van der Waals surface area contributed by atoms with Crippen LogP contribution < -0.4 is 15.8 Å². The van der Waals surface area contributed by atoms with Crippen LogP contribution in [0.4, 0.5) is 5.69 Å². The smallest absolute Gasteiger partial charge is 0.265 e. The number of carbonyl (C=O) groups is 2. The van der Waals surface area contributed by atoms with Crippen molar-refractivity contribution in [2.45, 2.75) is 19.9 Å². The summed E-state index contributed by atoms with van der Waals surface area (Å²) in [6.07, 6.45) is 0.158. The average molecular weight is 435 g/mol. The molecule has 4 rings (SSSR count). The van der Waals surface area contributed by atoms with Gasteiger partial charge in [0.1, 0.15) is 10.6 Å². The first-order chi connectivity index (χ1) is 15.0. The van der Waals surface area contributed by atoms with Crippen molar-refractivity contribution in [2.75, 3.05) is 11.9 Å². The molecule has 2 aromatic heterocycles. The second-order valence-electron chi connectivity index (χ2n) is 7.10. The number of nitrogens with zero attached hydrogens (tertiary/aromatic N) is 2. The number of carbonyl (C=O) groups excluding carboxylic acids is 2. The first-order valence-electron chi connectivity index (χ1n) is 9.83. The summed E-state index contributed by atoms with van der Waals surface area (Å²) in [5, 5.41) is 8.53. The van der Waals surface area contributed by atoms with Crippen molar-refractivity contribution in [1.29, 1.82) is 0 Å². The lowest BCUT2D eigenvalue weighted by Gasteiger charge is -2.07. The summed E-state index contributed by atoms with van der Waals surface area (Å²) in [5.74, 6) is 0.0290. The van der Waals surface area contributed by atoms with Crippen LogP contribution in [-0.4, -0.2) is 28.2 Å². The Morgan fingerprint density at radius 3 is 2.58 bits per heavy atom. The summed E-state index contributed by atoms with van der Waals surface area (Å²) in [7, 11) is 0. The van der Waals surface area contributed by atoms with Gasteiger partial charge in [-0.2, -0.15) is 5.10 Å². The lowest BCUT2D eigenvalue weighted by Crippen LogP contribution is -2.14. The molecule has 0 aliphatic carbocycles. The number of rotatable bonds is 8. The molecule has 0 unspecified atom stereocenters. The minimum Gasteiger partial charge on any atom is -0.493 e.